The lowest BCUT2D eigenvalue weighted by Gasteiger charge is -2.12. The molecule has 1 aromatic carbocycles. The predicted octanol–water partition coefficient (Wildman–Crippen LogP) is 2.78. The lowest BCUT2D eigenvalue weighted by atomic mass is 10.1. The number of anilines is 1. The van der Waals surface area contributed by atoms with Gasteiger partial charge in [0.15, 0.2) is 0 Å². The van der Waals surface area contributed by atoms with Crippen LogP contribution in [0.15, 0.2) is 18.2 Å². The van der Waals surface area contributed by atoms with E-state index in [0.29, 0.717) is 23.8 Å². The highest BCUT2D eigenvalue weighted by Crippen LogP contribution is 2.17. The van der Waals surface area contributed by atoms with Crippen LogP contribution in [0.25, 0.3) is 0 Å². The Bertz CT molecular complexity index is 354. The topological polar surface area (TPSA) is 52.3 Å². The minimum atomic E-state index is -0.323. The molecule has 0 bridgehead atoms. The molecule has 88 valence electrons. The van der Waals surface area contributed by atoms with Crippen LogP contribution in [0.5, 0.6) is 0 Å². The van der Waals surface area contributed by atoms with E-state index in [2.05, 4.69) is 13.8 Å². The lowest BCUT2D eigenvalue weighted by molar-refractivity contribution is 0.0447. The molecule has 3 nitrogen and oxygen atoms in total. The van der Waals surface area contributed by atoms with Gasteiger partial charge in [-0.05, 0) is 24.5 Å². The summed E-state index contributed by atoms with van der Waals surface area (Å²) in [5.41, 5.74) is 7.59. The Morgan fingerprint density at radius 3 is 2.75 bits per heavy atom. The highest BCUT2D eigenvalue weighted by molar-refractivity contribution is 5.96. The van der Waals surface area contributed by atoms with Crippen LogP contribution in [0.3, 0.4) is 0 Å². The molecule has 1 aromatic rings. The van der Waals surface area contributed by atoms with Crippen LogP contribution in [0, 0.1) is 12.8 Å². The molecule has 0 amide bonds. The standard InChI is InChI=1S/C13H19NO2/c1-4-9(2)8-16-13(15)12-10(3)6-5-7-11(12)14/h5-7,9H,4,8,14H2,1-3H3. The molecule has 0 aromatic heterocycles. The van der Waals surface area contributed by atoms with Crippen molar-refractivity contribution in [3.63, 3.8) is 0 Å². The molecular formula is C13H19NO2. The van der Waals surface area contributed by atoms with Crippen LogP contribution in [0.1, 0.15) is 36.2 Å². The van der Waals surface area contributed by atoms with Gasteiger partial charge in [-0.1, -0.05) is 32.4 Å². The Hall–Kier alpha value is -1.51. The van der Waals surface area contributed by atoms with Crippen molar-refractivity contribution in [2.45, 2.75) is 27.2 Å². The minimum Gasteiger partial charge on any atom is -0.462 e. The average Bonchev–Trinajstić information content (AvgIpc) is 2.25. The average molecular weight is 221 g/mol. The normalized spacial score (nSPS) is 12.2. The first-order valence-electron chi connectivity index (χ1n) is 5.58. The van der Waals surface area contributed by atoms with Crippen molar-refractivity contribution >= 4 is 11.7 Å². The number of nitrogens with two attached hydrogens (primary N) is 1. The smallest absolute Gasteiger partial charge is 0.340 e. The van der Waals surface area contributed by atoms with E-state index >= 15 is 0 Å². The van der Waals surface area contributed by atoms with Gasteiger partial charge in [-0.25, -0.2) is 4.79 Å². The van der Waals surface area contributed by atoms with Crippen molar-refractivity contribution in [2.24, 2.45) is 5.92 Å². The van der Waals surface area contributed by atoms with E-state index in [1.54, 1.807) is 6.07 Å². The molecule has 0 saturated carbocycles. The van der Waals surface area contributed by atoms with Crippen molar-refractivity contribution in [1.29, 1.82) is 0 Å². The van der Waals surface area contributed by atoms with Crippen LogP contribution in [-0.4, -0.2) is 12.6 Å². The Morgan fingerprint density at radius 1 is 1.50 bits per heavy atom. The fraction of sp³-hybridized carbons (Fsp3) is 0.462. The Kier molecular flexibility index (Phi) is 4.35. The van der Waals surface area contributed by atoms with Crippen molar-refractivity contribution in [1.82, 2.24) is 0 Å². The van der Waals surface area contributed by atoms with Gasteiger partial charge in [0.1, 0.15) is 0 Å². The molecular weight excluding hydrogens is 202 g/mol. The zero-order chi connectivity index (χ0) is 12.1. The first kappa shape index (κ1) is 12.6. The second-order valence-electron chi connectivity index (χ2n) is 4.15. The monoisotopic (exact) mass is 221 g/mol. The van der Waals surface area contributed by atoms with Crippen molar-refractivity contribution in [2.75, 3.05) is 12.3 Å². The van der Waals surface area contributed by atoms with E-state index in [-0.39, 0.29) is 5.97 Å². The van der Waals surface area contributed by atoms with Crippen LogP contribution >= 0.6 is 0 Å². The van der Waals surface area contributed by atoms with Crippen molar-refractivity contribution < 1.29 is 9.53 Å². The van der Waals surface area contributed by atoms with Crippen LogP contribution in [0.2, 0.25) is 0 Å². The van der Waals surface area contributed by atoms with E-state index in [1.807, 2.05) is 19.1 Å². The number of nitrogen functional groups attached to an aromatic ring is 1. The zero-order valence-electron chi connectivity index (χ0n) is 10.1. The van der Waals surface area contributed by atoms with Gasteiger partial charge >= 0.3 is 5.97 Å². The van der Waals surface area contributed by atoms with Crippen LogP contribution in [0.4, 0.5) is 5.69 Å². The van der Waals surface area contributed by atoms with E-state index < -0.39 is 0 Å². The summed E-state index contributed by atoms with van der Waals surface area (Å²) in [6.45, 7) is 6.43. The summed E-state index contributed by atoms with van der Waals surface area (Å²) in [4.78, 5) is 11.8. The second kappa shape index (κ2) is 5.54. The maximum absolute atomic E-state index is 11.8. The van der Waals surface area contributed by atoms with Gasteiger partial charge < -0.3 is 10.5 Å². The number of hydrogen-bond donors (Lipinski definition) is 1. The largest absolute Gasteiger partial charge is 0.462 e. The molecule has 1 atom stereocenters. The van der Waals surface area contributed by atoms with Gasteiger partial charge in [0.05, 0.1) is 12.2 Å². The molecule has 0 saturated heterocycles. The number of esters is 1. The molecule has 0 aliphatic carbocycles. The molecule has 0 radical (unpaired) electrons. The molecule has 0 spiro atoms. The van der Waals surface area contributed by atoms with Crippen molar-refractivity contribution in [3.05, 3.63) is 29.3 Å². The summed E-state index contributed by atoms with van der Waals surface area (Å²) in [6.07, 6.45) is 0.997. The third kappa shape index (κ3) is 2.99. The van der Waals surface area contributed by atoms with Gasteiger partial charge in [-0.2, -0.15) is 0 Å². The molecule has 3 heteroatoms. The minimum absolute atomic E-state index is 0.323. The van der Waals surface area contributed by atoms with E-state index in [0.717, 1.165) is 12.0 Å². The highest BCUT2D eigenvalue weighted by Gasteiger charge is 2.14. The number of carbonyl (C=O) groups is 1. The van der Waals surface area contributed by atoms with Gasteiger partial charge in [-0.15, -0.1) is 0 Å². The summed E-state index contributed by atoms with van der Waals surface area (Å²) in [5, 5.41) is 0. The number of benzene rings is 1. The quantitative estimate of drug-likeness (QED) is 0.628. The molecule has 1 unspecified atom stereocenters. The van der Waals surface area contributed by atoms with E-state index in [4.69, 9.17) is 10.5 Å². The Balaban J connectivity index is 2.73. The van der Waals surface area contributed by atoms with E-state index in [1.165, 1.54) is 0 Å². The van der Waals surface area contributed by atoms with Gasteiger partial charge in [0.2, 0.25) is 0 Å². The molecule has 2 N–H and O–H groups in total. The summed E-state index contributed by atoms with van der Waals surface area (Å²) in [6, 6.07) is 5.40. The molecule has 1 rings (SSSR count). The first-order chi connectivity index (χ1) is 7.56. The Labute approximate surface area is 96.6 Å². The molecule has 0 aliphatic heterocycles. The van der Waals surface area contributed by atoms with Crippen molar-refractivity contribution in [3.8, 4) is 0 Å². The summed E-state index contributed by atoms with van der Waals surface area (Å²) in [5.74, 6) is 0.0603. The number of rotatable bonds is 4. The summed E-state index contributed by atoms with van der Waals surface area (Å²) < 4.78 is 5.22. The Morgan fingerprint density at radius 2 is 2.19 bits per heavy atom. The number of ether oxygens (including phenoxy) is 1. The number of carbonyl (C=O) groups excluding carboxylic acids is 1. The third-order valence-corrected chi connectivity index (χ3v) is 2.71. The first-order valence-corrected chi connectivity index (χ1v) is 5.58. The van der Waals surface area contributed by atoms with E-state index in [9.17, 15) is 4.79 Å². The molecule has 0 heterocycles. The number of hydrogen-bond acceptors (Lipinski definition) is 3. The fourth-order valence-corrected chi connectivity index (χ4v) is 1.38. The zero-order valence-corrected chi connectivity index (χ0v) is 10.1. The molecule has 16 heavy (non-hydrogen) atoms. The number of aryl methyl sites for hydroxylation is 1. The highest BCUT2D eigenvalue weighted by atomic mass is 16.5. The van der Waals surface area contributed by atoms with Crippen LogP contribution < -0.4 is 5.73 Å². The lowest BCUT2D eigenvalue weighted by Crippen LogP contribution is -2.14. The molecule has 0 fully saturated rings. The maximum Gasteiger partial charge on any atom is 0.340 e. The summed E-state index contributed by atoms with van der Waals surface area (Å²) in [7, 11) is 0. The summed E-state index contributed by atoms with van der Waals surface area (Å²) >= 11 is 0. The van der Waals surface area contributed by atoms with Gasteiger partial charge in [0.25, 0.3) is 0 Å². The third-order valence-electron chi connectivity index (χ3n) is 2.71. The predicted molar refractivity (Wildman–Crippen MR) is 65.3 cm³/mol. The maximum atomic E-state index is 11.8. The molecule has 0 aliphatic rings. The SMILES string of the molecule is CCC(C)COC(=O)c1c(C)cccc1N. The fourth-order valence-electron chi connectivity index (χ4n) is 1.38. The second-order valence-corrected chi connectivity index (χ2v) is 4.15. The van der Waals surface area contributed by atoms with Gasteiger partial charge in [0, 0.05) is 5.69 Å². The van der Waals surface area contributed by atoms with Crippen LogP contribution in [-0.2, 0) is 4.74 Å². The van der Waals surface area contributed by atoms with Gasteiger partial charge in [-0.3, -0.25) is 0 Å².